The minimum absolute atomic E-state index is 0.0380. The normalized spacial score (nSPS) is 18.7. The van der Waals surface area contributed by atoms with Crippen LogP contribution >= 0.6 is 0 Å². The SMILES string of the molecule is C=C(NCCNCC1CCCCC1N1CCn2cc(C(=O)NCc3ccc(F)cc3F)c(=O)c(O)c2C1=O)OC. The minimum Gasteiger partial charge on any atom is -0.503 e. The molecule has 12 heteroatoms. The van der Waals surface area contributed by atoms with E-state index in [0.717, 1.165) is 31.7 Å². The van der Waals surface area contributed by atoms with Gasteiger partial charge in [-0.1, -0.05) is 18.9 Å². The summed E-state index contributed by atoms with van der Waals surface area (Å²) in [7, 11) is 1.54. The third kappa shape index (κ3) is 6.44. The largest absolute Gasteiger partial charge is 0.503 e. The Labute approximate surface area is 231 Å². The Morgan fingerprint density at radius 1 is 1.15 bits per heavy atom. The van der Waals surface area contributed by atoms with Crippen molar-refractivity contribution in [3.63, 3.8) is 0 Å². The number of fused-ring (bicyclic) bond motifs is 1. The molecule has 2 unspecified atom stereocenters. The van der Waals surface area contributed by atoms with Gasteiger partial charge in [0.2, 0.25) is 5.43 Å². The molecule has 2 aliphatic rings. The average molecular weight is 560 g/mol. The van der Waals surface area contributed by atoms with E-state index in [1.807, 2.05) is 0 Å². The summed E-state index contributed by atoms with van der Waals surface area (Å²) in [6.45, 7) is 6.14. The molecular weight excluding hydrogens is 524 g/mol. The number of aromatic hydroxyl groups is 1. The zero-order chi connectivity index (χ0) is 28.8. The molecule has 2 atom stereocenters. The van der Waals surface area contributed by atoms with E-state index in [4.69, 9.17) is 4.74 Å². The van der Waals surface area contributed by atoms with E-state index in [2.05, 4.69) is 22.5 Å². The molecule has 216 valence electrons. The van der Waals surface area contributed by atoms with Crippen molar-refractivity contribution in [2.75, 3.05) is 33.3 Å². The number of benzene rings is 1. The summed E-state index contributed by atoms with van der Waals surface area (Å²) in [4.78, 5) is 41.0. The Morgan fingerprint density at radius 3 is 2.67 bits per heavy atom. The fourth-order valence-electron chi connectivity index (χ4n) is 5.40. The second kappa shape index (κ2) is 12.9. The van der Waals surface area contributed by atoms with Crippen LogP contribution in [0, 0.1) is 17.6 Å². The van der Waals surface area contributed by atoms with Gasteiger partial charge in [0.1, 0.15) is 17.2 Å². The summed E-state index contributed by atoms with van der Waals surface area (Å²) in [6, 6.07) is 2.90. The standard InChI is InChI=1S/C28H35F2N5O5/c1-17(40-2)32-10-9-31-14-19-5-3-4-6-23(19)35-12-11-34-16-21(25(36)26(37)24(34)28(35)39)27(38)33-15-18-7-8-20(29)13-22(18)30/h7-8,13,16,19,23,31-32,37H,1,3-6,9-12,14-15H2,2H3,(H,33,38). The molecule has 2 heterocycles. The highest BCUT2D eigenvalue weighted by Crippen LogP contribution is 2.32. The number of rotatable bonds is 11. The van der Waals surface area contributed by atoms with Crippen molar-refractivity contribution in [3.05, 3.63) is 75.5 Å². The first-order valence-corrected chi connectivity index (χ1v) is 13.4. The number of carbonyl (C=O) groups excluding carboxylic acids is 2. The molecule has 0 saturated heterocycles. The Bertz CT molecular complexity index is 1330. The fourth-order valence-corrected chi connectivity index (χ4v) is 5.40. The molecule has 40 heavy (non-hydrogen) atoms. The van der Waals surface area contributed by atoms with Gasteiger partial charge < -0.3 is 35.3 Å². The molecule has 0 spiro atoms. The minimum atomic E-state index is -0.981. The quantitative estimate of drug-likeness (QED) is 0.245. The van der Waals surface area contributed by atoms with Gasteiger partial charge in [-0.25, -0.2) is 8.78 Å². The van der Waals surface area contributed by atoms with Crippen LogP contribution in [-0.2, 0) is 17.8 Å². The highest BCUT2D eigenvalue weighted by atomic mass is 19.1. The number of amides is 2. The van der Waals surface area contributed by atoms with Crippen LogP contribution in [0.15, 0.2) is 41.7 Å². The number of pyridine rings is 1. The Balaban J connectivity index is 1.44. The molecule has 1 saturated carbocycles. The van der Waals surface area contributed by atoms with Crippen LogP contribution in [0.3, 0.4) is 0 Å². The number of methoxy groups -OCH3 is 1. The Morgan fingerprint density at radius 2 is 1.93 bits per heavy atom. The van der Waals surface area contributed by atoms with Gasteiger partial charge in [-0.15, -0.1) is 0 Å². The van der Waals surface area contributed by atoms with Crippen molar-refractivity contribution in [3.8, 4) is 5.75 Å². The van der Waals surface area contributed by atoms with E-state index in [0.29, 0.717) is 44.7 Å². The molecule has 4 rings (SSSR count). The molecule has 1 aromatic heterocycles. The number of aromatic nitrogens is 1. The lowest BCUT2D eigenvalue weighted by atomic mass is 9.83. The van der Waals surface area contributed by atoms with Crippen molar-refractivity contribution in [2.24, 2.45) is 5.92 Å². The molecule has 10 nitrogen and oxygen atoms in total. The second-order valence-corrected chi connectivity index (χ2v) is 10.0. The van der Waals surface area contributed by atoms with Gasteiger partial charge in [0.05, 0.1) is 7.11 Å². The Kier molecular flexibility index (Phi) is 9.41. The van der Waals surface area contributed by atoms with Crippen molar-refractivity contribution in [1.29, 1.82) is 0 Å². The molecule has 0 radical (unpaired) electrons. The van der Waals surface area contributed by atoms with E-state index in [1.54, 1.807) is 12.0 Å². The highest BCUT2D eigenvalue weighted by Gasteiger charge is 2.38. The van der Waals surface area contributed by atoms with Gasteiger partial charge in [0.15, 0.2) is 17.3 Å². The van der Waals surface area contributed by atoms with Gasteiger partial charge in [-0.2, -0.15) is 0 Å². The third-order valence-corrected chi connectivity index (χ3v) is 7.55. The predicted molar refractivity (Wildman–Crippen MR) is 144 cm³/mol. The van der Waals surface area contributed by atoms with Crippen molar-refractivity contribution < 1.29 is 28.2 Å². The number of nitrogens with one attached hydrogen (secondary N) is 3. The first kappa shape index (κ1) is 29.1. The van der Waals surface area contributed by atoms with E-state index >= 15 is 0 Å². The maximum absolute atomic E-state index is 13.9. The van der Waals surface area contributed by atoms with E-state index in [1.165, 1.54) is 16.8 Å². The number of carbonyl (C=O) groups is 2. The topological polar surface area (TPSA) is 125 Å². The van der Waals surface area contributed by atoms with Crippen LogP contribution in [0.5, 0.6) is 5.75 Å². The van der Waals surface area contributed by atoms with Gasteiger partial charge in [0.25, 0.3) is 11.8 Å². The van der Waals surface area contributed by atoms with Crippen LogP contribution in [0.25, 0.3) is 0 Å². The summed E-state index contributed by atoms with van der Waals surface area (Å²) in [5, 5.41) is 19.6. The number of ether oxygens (including phenoxy) is 1. The monoisotopic (exact) mass is 559 g/mol. The van der Waals surface area contributed by atoms with Crippen molar-refractivity contribution in [1.82, 2.24) is 25.4 Å². The van der Waals surface area contributed by atoms with Gasteiger partial charge in [0, 0.05) is 56.6 Å². The van der Waals surface area contributed by atoms with Gasteiger partial charge >= 0.3 is 0 Å². The molecule has 0 bridgehead atoms. The fraction of sp³-hybridized carbons (Fsp3) is 0.464. The van der Waals surface area contributed by atoms with E-state index < -0.39 is 34.6 Å². The molecule has 4 N–H and O–H groups in total. The zero-order valence-corrected chi connectivity index (χ0v) is 22.5. The third-order valence-electron chi connectivity index (χ3n) is 7.55. The highest BCUT2D eigenvalue weighted by molar-refractivity contribution is 5.99. The van der Waals surface area contributed by atoms with E-state index in [9.17, 15) is 28.3 Å². The number of nitrogens with zero attached hydrogens (tertiary/aromatic N) is 2. The van der Waals surface area contributed by atoms with Crippen LogP contribution in [0.2, 0.25) is 0 Å². The summed E-state index contributed by atoms with van der Waals surface area (Å²) in [6.07, 6.45) is 5.07. The van der Waals surface area contributed by atoms with Crippen LogP contribution in [-0.4, -0.2) is 65.7 Å². The van der Waals surface area contributed by atoms with Crippen molar-refractivity contribution in [2.45, 2.75) is 44.8 Å². The first-order valence-electron chi connectivity index (χ1n) is 13.4. The number of halogens is 2. The molecule has 1 aromatic carbocycles. The molecular formula is C28H35F2N5O5. The number of hydrogen-bond acceptors (Lipinski definition) is 7. The summed E-state index contributed by atoms with van der Waals surface area (Å²) in [5.74, 6) is -2.95. The Hall–Kier alpha value is -3.93. The maximum Gasteiger partial charge on any atom is 0.274 e. The second-order valence-electron chi connectivity index (χ2n) is 10.0. The van der Waals surface area contributed by atoms with Crippen LogP contribution in [0.1, 0.15) is 52.1 Å². The molecule has 2 amide bonds. The predicted octanol–water partition coefficient (Wildman–Crippen LogP) is 2.07. The lowest BCUT2D eigenvalue weighted by molar-refractivity contribution is 0.0457. The summed E-state index contributed by atoms with van der Waals surface area (Å²) >= 11 is 0. The van der Waals surface area contributed by atoms with Crippen LogP contribution < -0.4 is 21.4 Å². The lowest BCUT2D eigenvalue weighted by Gasteiger charge is -2.42. The molecule has 1 aliphatic carbocycles. The van der Waals surface area contributed by atoms with E-state index in [-0.39, 0.29) is 35.3 Å². The summed E-state index contributed by atoms with van der Waals surface area (Å²) < 4.78 is 33.5. The van der Waals surface area contributed by atoms with Gasteiger partial charge in [-0.3, -0.25) is 14.4 Å². The first-order chi connectivity index (χ1) is 19.2. The van der Waals surface area contributed by atoms with Gasteiger partial charge in [-0.05, 0) is 37.9 Å². The van der Waals surface area contributed by atoms with Crippen LogP contribution in [0.4, 0.5) is 8.78 Å². The smallest absolute Gasteiger partial charge is 0.274 e. The lowest BCUT2D eigenvalue weighted by Crippen LogP contribution is -2.53. The zero-order valence-electron chi connectivity index (χ0n) is 22.5. The number of hydrogen-bond donors (Lipinski definition) is 4. The average Bonchev–Trinajstić information content (AvgIpc) is 2.94. The molecule has 2 aromatic rings. The summed E-state index contributed by atoms with van der Waals surface area (Å²) in [5.41, 5.74) is -1.45. The molecule has 1 fully saturated rings. The molecule has 1 aliphatic heterocycles. The maximum atomic E-state index is 13.9. The van der Waals surface area contributed by atoms with Crippen molar-refractivity contribution >= 4 is 11.8 Å².